The molecule has 0 saturated heterocycles. The van der Waals surface area contributed by atoms with E-state index >= 15 is 0 Å². The molecule has 19 heavy (non-hydrogen) atoms. The first-order valence-corrected chi connectivity index (χ1v) is 6.61. The number of nitrogens with zero attached hydrogens (tertiary/aromatic N) is 1. The van der Waals surface area contributed by atoms with Crippen LogP contribution in [0.4, 0.5) is 0 Å². The van der Waals surface area contributed by atoms with Crippen molar-refractivity contribution in [1.29, 1.82) is 0 Å². The normalized spacial score (nSPS) is 12.2. The Hall–Kier alpha value is -1.58. The fourth-order valence-corrected chi connectivity index (χ4v) is 1.89. The van der Waals surface area contributed by atoms with Crippen molar-refractivity contribution in [2.75, 3.05) is 6.61 Å². The summed E-state index contributed by atoms with van der Waals surface area (Å²) in [6.45, 7) is 2.67. The molecule has 0 fully saturated rings. The SMILES string of the molecule is CCCOc1ccccc1C(O)c1ccc(Cl)nc1. The Morgan fingerprint density at radius 3 is 2.74 bits per heavy atom. The van der Waals surface area contributed by atoms with Crippen molar-refractivity contribution < 1.29 is 9.84 Å². The van der Waals surface area contributed by atoms with Gasteiger partial charge in [0.15, 0.2) is 0 Å². The van der Waals surface area contributed by atoms with Crippen LogP contribution in [0.15, 0.2) is 42.6 Å². The van der Waals surface area contributed by atoms with Crippen LogP contribution in [0.25, 0.3) is 0 Å². The molecule has 0 spiro atoms. The number of benzene rings is 1. The molecule has 0 aliphatic heterocycles. The van der Waals surface area contributed by atoms with E-state index in [1.807, 2.05) is 31.2 Å². The molecule has 0 amide bonds. The zero-order valence-corrected chi connectivity index (χ0v) is 11.5. The van der Waals surface area contributed by atoms with Crippen molar-refractivity contribution in [2.24, 2.45) is 0 Å². The highest BCUT2D eigenvalue weighted by Crippen LogP contribution is 2.29. The largest absolute Gasteiger partial charge is 0.493 e. The third kappa shape index (κ3) is 3.46. The highest BCUT2D eigenvalue weighted by molar-refractivity contribution is 6.29. The molecule has 3 nitrogen and oxygen atoms in total. The van der Waals surface area contributed by atoms with Crippen LogP contribution in [-0.2, 0) is 0 Å². The number of pyridine rings is 1. The summed E-state index contributed by atoms with van der Waals surface area (Å²) in [5, 5.41) is 10.8. The molecule has 0 bridgehead atoms. The van der Waals surface area contributed by atoms with E-state index in [4.69, 9.17) is 16.3 Å². The molecule has 1 aromatic heterocycles. The number of para-hydroxylation sites is 1. The summed E-state index contributed by atoms with van der Waals surface area (Å²) in [4.78, 5) is 3.98. The first-order valence-electron chi connectivity index (χ1n) is 6.23. The molecule has 2 aromatic rings. The standard InChI is InChI=1S/C15H16ClNO2/c1-2-9-19-13-6-4-3-5-12(13)15(18)11-7-8-14(16)17-10-11/h3-8,10,15,18H,2,9H2,1H3. The van der Waals surface area contributed by atoms with Crippen LogP contribution in [0.3, 0.4) is 0 Å². The van der Waals surface area contributed by atoms with Gasteiger partial charge in [-0.15, -0.1) is 0 Å². The second kappa shape index (κ2) is 6.55. The molecule has 1 heterocycles. The van der Waals surface area contributed by atoms with Crippen molar-refractivity contribution in [2.45, 2.75) is 19.4 Å². The number of aromatic nitrogens is 1. The summed E-state index contributed by atoms with van der Waals surface area (Å²) >= 11 is 5.74. The molecule has 0 aliphatic rings. The Labute approximate surface area is 117 Å². The van der Waals surface area contributed by atoms with E-state index in [1.54, 1.807) is 18.3 Å². The molecular weight excluding hydrogens is 262 g/mol. The van der Waals surface area contributed by atoms with Gasteiger partial charge in [0, 0.05) is 17.3 Å². The zero-order valence-electron chi connectivity index (χ0n) is 10.7. The zero-order chi connectivity index (χ0) is 13.7. The van der Waals surface area contributed by atoms with Crippen LogP contribution in [0.1, 0.15) is 30.6 Å². The Kier molecular flexibility index (Phi) is 4.77. The summed E-state index contributed by atoms with van der Waals surface area (Å²) in [7, 11) is 0. The number of aliphatic hydroxyl groups excluding tert-OH is 1. The Bertz CT molecular complexity index is 528. The van der Waals surface area contributed by atoms with Crippen LogP contribution in [0, 0.1) is 0 Å². The van der Waals surface area contributed by atoms with Crippen LogP contribution in [0.5, 0.6) is 5.75 Å². The first kappa shape index (κ1) is 13.8. The summed E-state index contributed by atoms with van der Waals surface area (Å²) < 4.78 is 5.65. The molecule has 1 unspecified atom stereocenters. The predicted molar refractivity (Wildman–Crippen MR) is 75.5 cm³/mol. The quantitative estimate of drug-likeness (QED) is 0.849. The van der Waals surface area contributed by atoms with Gasteiger partial charge in [0.05, 0.1) is 6.61 Å². The van der Waals surface area contributed by atoms with Crippen molar-refractivity contribution in [3.63, 3.8) is 0 Å². The number of hydrogen-bond donors (Lipinski definition) is 1. The van der Waals surface area contributed by atoms with E-state index in [9.17, 15) is 5.11 Å². The lowest BCUT2D eigenvalue weighted by Crippen LogP contribution is -2.05. The number of ether oxygens (including phenoxy) is 1. The van der Waals surface area contributed by atoms with Gasteiger partial charge in [-0.1, -0.05) is 42.8 Å². The predicted octanol–water partition coefficient (Wildman–Crippen LogP) is 3.61. The van der Waals surface area contributed by atoms with Crippen molar-refractivity contribution in [3.05, 3.63) is 58.9 Å². The van der Waals surface area contributed by atoms with Crippen LogP contribution in [0.2, 0.25) is 5.15 Å². The molecule has 2 rings (SSSR count). The lowest BCUT2D eigenvalue weighted by Gasteiger charge is -2.16. The highest BCUT2D eigenvalue weighted by Gasteiger charge is 2.15. The van der Waals surface area contributed by atoms with E-state index in [-0.39, 0.29) is 0 Å². The van der Waals surface area contributed by atoms with E-state index in [0.29, 0.717) is 23.1 Å². The molecule has 1 atom stereocenters. The number of aliphatic hydroxyl groups is 1. The van der Waals surface area contributed by atoms with E-state index < -0.39 is 6.10 Å². The van der Waals surface area contributed by atoms with Crippen molar-refractivity contribution >= 4 is 11.6 Å². The molecule has 4 heteroatoms. The highest BCUT2D eigenvalue weighted by atomic mass is 35.5. The molecule has 1 aromatic carbocycles. The van der Waals surface area contributed by atoms with Crippen LogP contribution >= 0.6 is 11.6 Å². The monoisotopic (exact) mass is 277 g/mol. The van der Waals surface area contributed by atoms with Gasteiger partial charge < -0.3 is 9.84 Å². The topological polar surface area (TPSA) is 42.4 Å². The van der Waals surface area contributed by atoms with Gasteiger partial charge in [-0.2, -0.15) is 0 Å². The fourth-order valence-electron chi connectivity index (χ4n) is 1.78. The average molecular weight is 278 g/mol. The minimum atomic E-state index is -0.766. The maximum Gasteiger partial charge on any atom is 0.129 e. The van der Waals surface area contributed by atoms with Gasteiger partial charge in [0.25, 0.3) is 0 Å². The van der Waals surface area contributed by atoms with Gasteiger partial charge in [0.2, 0.25) is 0 Å². The Balaban J connectivity index is 2.27. The van der Waals surface area contributed by atoms with Gasteiger partial charge in [-0.05, 0) is 18.6 Å². The molecule has 0 radical (unpaired) electrons. The summed E-state index contributed by atoms with van der Waals surface area (Å²) in [6.07, 6.45) is 1.73. The Morgan fingerprint density at radius 2 is 2.05 bits per heavy atom. The average Bonchev–Trinajstić information content (AvgIpc) is 2.45. The lowest BCUT2D eigenvalue weighted by molar-refractivity contribution is 0.210. The molecule has 0 aliphatic carbocycles. The summed E-state index contributed by atoms with van der Waals surface area (Å²) in [5.74, 6) is 0.701. The van der Waals surface area contributed by atoms with Gasteiger partial charge in [-0.25, -0.2) is 4.98 Å². The third-order valence-corrected chi connectivity index (χ3v) is 2.96. The second-order valence-electron chi connectivity index (χ2n) is 4.20. The molecule has 100 valence electrons. The molecular formula is C15H16ClNO2. The van der Waals surface area contributed by atoms with Gasteiger partial charge in [0.1, 0.15) is 17.0 Å². The lowest BCUT2D eigenvalue weighted by atomic mass is 10.0. The van der Waals surface area contributed by atoms with E-state index in [2.05, 4.69) is 4.98 Å². The number of rotatable bonds is 5. The van der Waals surface area contributed by atoms with Crippen molar-refractivity contribution in [1.82, 2.24) is 4.98 Å². The van der Waals surface area contributed by atoms with E-state index in [0.717, 1.165) is 12.0 Å². The first-order chi connectivity index (χ1) is 9.22. The van der Waals surface area contributed by atoms with Gasteiger partial charge in [-0.3, -0.25) is 0 Å². The minimum absolute atomic E-state index is 0.409. The smallest absolute Gasteiger partial charge is 0.129 e. The fraction of sp³-hybridized carbons (Fsp3) is 0.267. The van der Waals surface area contributed by atoms with Crippen LogP contribution in [-0.4, -0.2) is 16.7 Å². The number of hydrogen-bond acceptors (Lipinski definition) is 3. The maximum atomic E-state index is 10.4. The third-order valence-electron chi connectivity index (χ3n) is 2.74. The number of halogens is 1. The van der Waals surface area contributed by atoms with E-state index in [1.165, 1.54) is 0 Å². The van der Waals surface area contributed by atoms with Gasteiger partial charge >= 0.3 is 0 Å². The summed E-state index contributed by atoms with van der Waals surface area (Å²) in [6, 6.07) is 10.9. The minimum Gasteiger partial charge on any atom is -0.493 e. The molecule has 0 saturated carbocycles. The van der Waals surface area contributed by atoms with Crippen LogP contribution < -0.4 is 4.74 Å². The maximum absolute atomic E-state index is 10.4. The van der Waals surface area contributed by atoms with Crippen molar-refractivity contribution in [3.8, 4) is 5.75 Å². The Morgan fingerprint density at radius 1 is 1.26 bits per heavy atom. The summed E-state index contributed by atoms with van der Waals surface area (Å²) in [5.41, 5.74) is 1.43. The molecule has 1 N–H and O–H groups in total. The second-order valence-corrected chi connectivity index (χ2v) is 4.59.